The van der Waals surface area contributed by atoms with Crippen LogP contribution >= 0.6 is 0 Å². The monoisotopic (exact) mass is 197 g/mol. The summed E-state index contributed by atoms with van der Waals surface area (Å²) >= 11 is 0. The minimum atomic E-state index is 0.0268. The summed E-state index contributed by atoms with van der Waals surface area (Å²) in [6.45, 7) is 9.84. The summed E-state index contributed by atoms with van der Waals surface area (Å²) in [6, 6.07) is 0.231. The number of hydrogen-bond acceptors (Lipinski definition) is 2. The van der Waals surface area contributed by atoms with Gasteiger partial charge in [-0.15, -0.1) is 0 Å². The number of nitrogens with zero attached hydrogens (tertiary/aromatic N) is 1. The molecule has 0 aliphatic carbocycles. The van der Waals surface area contributed by atoms with Gasteiger partial charge in [0.2, 0.25) is 5.91 Å². The van der Waals surface area contributed by atoms with Crippen molar-refractivity contribution in [3.63, 3.8) is 0 Å². The highest BCUT2D eigenvalue weighted by Gasteiger charge is 2.25. The molecule has 0 bridgehead atoms. The molecule has 3 nitrogen and oxygen atoms in total. The minimum Gasteiger partial charge on any atom is -0.377 e. The van der Waals surface area contributed by atoms with Crippen LogP contribution in [-0.4, -0.2) is 36.6 Å². The van der Waals surface area contributed by atoms with Gasteiger partial charge in [0.1, 0.15) is 0 Å². The normalized spacial score (nSPS) is 22.5. The molecule has 1 aliphatic heterocycles. The summed E-state index contributed by atoms with van der Waals surface area (Å²) in [5.41, 5.74) is 0. The van der Waals surface area contributed by atoms with Gasteiger partial charge in [-0.3, -0.25) is 4.79 Å². The second-order valence-corrected chi connectivity index (χ2v) is 4.09. The second kappa shape index (κ2) is 5.15. The van der Waals surface area contributed by atoms with Gasteiger partial charge in [-0.25, -0.2) is 0 Å². The van der Waals surface area contributed by atoms with E-state index in [1.807, 2.05) is 4.90 Å². The van der Waals surface area contributed by atoms with Crippen LogP contribution in [-0.2, 0) is 9.53 Å². The van der Waals surface area contributed by atoms with Gasteiger partial charge in [-0.1, -0.05) is 20.4 Å². The van der Waals surface area contributed by atoms with Crippen LogP contribution in [0.5, 0.6) is 0 Å². The van der Waals surface area contributed by atoms with E-state index in [1.165, 1.54) is 6.08 Å². The molecule has 0 saturated carbocycles. The lowest BCUT2D eigenvalue weighted by atomic mass is 10.0. The van der Waals surface area contributed by atoms with E-state index in [1.54, 1.807) is 0 Å². The summed E-state index contributed by atoms with van der Waals surface area (Å²) in [5, 5.41) is 0. The Morgan fingerprint density at radius 1 is 1.71 bits per heavy atom. The molecule has 0 N–H and O–H groups in total. The Kier molecular flexibility index (Phi) is 4.14. The predicted molar refractivity (Wildman–Crippen MR) is 56.0 cm³/mol. The fourth-order valence-corrected chi connectivity index (χ4v) is 1.80. The molecule has 0 aromatic heterocycles. The lowest BCUT2D eigenvalue weighted by molar-refractivity contribution is -0.135. The number of morpholine rings is 1. The zero-order chi connectivity index (χ0) is 10.6. The van der Waals surface area contributed by atoms with E-state index < -0.39 is 0 Å². The summed E-state index contributed by atoms with van der Waals surface area (Å²) in [4.78, 5) is 13.4. The molecule has 0 radical (unpaired) electrons. The third-order valence-corrected chi connectivity index (χ3v) is 2.43. The first kappa shape index (κ1) is 11.2. The van der Waals surface area contributed by atoms with E-state index in [4.69, 9.17) is 4.74 Å². The number of hydrogen-bond donors (Lipinski definition) is 0. The van der Waals surface area contributed by atoms with Gasteiger partial charge in [0.05, 0.1) is 19.3 Å². The van der Waals surface area contributed by atoms with Gasteiger partial charge in [0.15, 0.2) is 0 Å². The molecule has 3 heteroatoms. The third kappa shape index (κ3) is 2.84. The highest BCUT2D eigenvalue weighted by Crippen LogP contribution is 2.15. The van der Waals surface area contributed by atoms with Gasteiger partial charge in [-0.05, 0) is 18.4 Å². The van der Waals surface area contributed by atoms with E-state index in [2.05, 4.69) is 20.4 Å². The van der Waals surface area contributed by atoms with Gasteiger partial charge < -0.3 is 9.64 Å². The van der Waals surface area contributed by atoms with E-state index in [0.29, 0.717) is 25.7 Å². The topological polar surface area (TPSA) is 29.5 Å². The van der Waals surface area contributed by atoms with Crippen LogP contribution in [0.25, 0.3) is 0 Å². The summed E-state index contributed by atoms with van der Waals surface area (Å²) in [5.74, 6) is 0.612. The summed E-state index contributed by atoms with van der Waals surface area (Å²) < 4.78 is 5.38. The molecule has 0 unspecified atom stereocenters. The van der Waals surface area contributed by atoms with Gasteiger partial charge in [-0.2, -0.15) is 0 Å². The summed E-state index contributed by atoms with van der Waals surface area (Å²) in [7, 11) is 0. The molecule has 1 aliphatic rings. The van der Waals surface area contributed by atoms with Crippen LogP contribution in [0.15, 0.2) is 12.7 Å². The minimum absolute atomic E-state index is 0.0268. The first-order valence-electron chi connectivity index (χ1n) is 5.16. The zero-order valence-electron chi connectivity index (χ0n) is 9.03. The lowest BCUT2D eigenvalue weighted by Gasteiger charge is -2.35. The molecule has 14 heavy (non-hydrogen) atoms. The number of carbonyl (C=O) groups excluding carboxylic acids is 1. The maximum Gasteiger partial charge on any atom is 0.246 e. The number of amides is 1. The fourth-order valence-electron chi connectivity index (χ4n) is 1.80. The van der Waals surface area contributed by atoms with Crippen molar-refractivity contribution in [2.24, 2.45) is 5.92 Å². The molecule has 1 heterocycles. The maximum absolute atomic E-state index is 11.5. The molecule has 1 fully saturated rings. The Balaban J connectivity index is 2.58. The van der Waals surface area contributed by atoms with Crippen LogP contribution in [0.3, 0.4) is 0 Å². The van der Waals surface area contributed by atoms with Gasteiger partial charge in [0.25, 0.3) is 0 Å². The van der Waals surface area contributed by atoms with Crippen molar-refractivity contribution >= 4 is 5.91 Å². The standard InChI is InChI=1S/C11H19NO2/c1-4-11(13)12-5-6-14-8-10(12)7-9(2)3/h4,9-10H,1,5-8H2,2-3H3/t10-/m0/s1. The van der Waals surface area contributed by atoms with E-state index in [0.717, 1.165) is 6.42 Å². The number of carbonyl (C=O) groups is 1. The number of rotatable bonds is 3. The Labute approximate surface area is 85.7 Å². The molecule has 0 aromatic carbocycles. The molecule has 1 atom stereocenters. The molecular weight excluding hydrogens is 178 g/mol. The first-order valence-corrected chi connectivity index (χ1v) is 5.16. The smallest absolute Gasteiger partial charge is 0.246 e. The maximum atomic E-state index is 11.5. The van der Waals surface area contributed by atoms with Crippen LogP contribution in [0.4, 0.5) is 0 Å². The van der Waals surface area contributed by atoms with Crippen molar-refractivity contribution in [1.29, 1.82) is 0 Å². The van der Waals surface area contributed by atoms with Crippen molar-refractivity contribution in [2.75, 3.05) is 19.8 Å². The Bertz CT molecular complexity index is 213. The van der Waals surface area contributed by atoms with Gasteiger partial charge in [0, 0.05) is 6.54 Å². The highest BCUT2D eigenvalue weighted by atomic mass is 16.5. The van der Waals surface area contributed by atoms with Crippen molar-refractivity contribution in [1.82, 2.24) is 4.90 Å². The Morgan fingerprint density at radius 3 is 3.00 bits per heavy atom. The zero-order valence-corrected chi connectivity index (χ0v) is 9.03. The van der Waals surface area contributed by atoms with Crippen LogP contribution in [0.2, 0.25) is 0 Å². The third-order valence-electron chi connectivity index (χ3n) is 2.43. The Morgan fingerprint density at radius 2 is 2.43 bits per heavy atom. The van der Waals surface area contributed by atoms with Crippen LogP contribution in [0, 0.1) is 5.92 Å². The predicted octanol–water partition coefficient (Wildman–Crippen LogP) is 1.45. The molecular formula is C11H19NO2. The molecule has 80 valence electrons. The second-order valence-electron chi connectivity index (χ2n) is 4.09. The van der Waals surface area contributed by atoms with Crippen LogP contribution < -0.4 is 0 Å². The highest BCUT2D eigenvalue weighted by molar-refractivity contribution is 5.87. The van der Waals surface area contributed by atoms with E-state index >= 15 is 0 Å². The quantitative estimate of drug-likeness (QED) is 0.641. The fraction of sp³-hybridized carbons (Fsp3) is 0.727. The van der Waals surface area contributed by atoms with Crippen LogP contribution in [0.1, 0.15) is 20.3 Å². The SMILES string of the molecule is C=CC(=O)N1CCOC[C@@H]1CC(C)C. The molecule has 1 rings (SSSR count). The summed E-state index contributed by atoms with van der Waals surface area (Å²) in [6.07, 6.45) is 2.39. The Hall–Kier alpha value is -0.830. The van der Waals surface area contributed by atoms with Gasteiger partial charge >= 0.3 is 0 Å². The average molecular weight is 197 g/mol. The van der Waals surface area contributed by atoms with E-state index in [-0.39, 0.29) is 11.9 Å². The van der Waals surface area contributed by atoms with Crippen molar-refractivity contribution < 1.29 is 9.53 Å². The van der Waals surface area contributed by atoms with E-state index in [9.17, 15) is 4.79 Å². The van der Waals surface area contributed by atoms with Crippen molar-refractivity contribution in [3.05, 3.63) is 12.7 Å². The van der Waals surface area contributed by atoms with Crippen molar-refractivity contribution in [3.8, 4) is 0 Å². The number of ether oxygens (including phenoxy) is 1. The molecule has 0 spiro atoms. The first-order chi connectivity index (χ1) is 6.65. The largest absolute Gasteiger partial charge is 0.377 e. The molecule has 0 aromatic rings. The molecule has 1 saturated heterocycles. The average Bonchev–Trinajstić information content (AvgIpc) is 2.16. The van der Waals surface area contributed by atoms with Crippen molar-refractivity contribution in [2.45, 2.75) is 26.3 Å². The lowest BCUT2D eigenvalue weighted by Crippen LogP contribution is -2.48. The molecule has 1 amide bonds.